The quantitative estimate of drug-likeness (QED) is 0.378. The highest BCUT2D eigenvalue weighted by atomic mass is 35.5. The van der Waals surface area contributed by atoms with E-state index in [-0.39, 0.29) is 35.8 Å². The van der Waals surface area contributed by atoms with Gasteiger partial charge in [0.2, 0.25) is 12.3 Å². The molecule has 1 fully saturated rings. The second-order valence-corrected chi connectivity index (χ2v) is 7.88. The van der Waals surface area contributed by atoms with Crippen molar-refractivity contribution < 1.29 is 31.9 Å². The molecule has 186 valence electrons. The molecule has 6 nitrogen and oxygen atoms in total. The lowest BCUT2D eigenvalue weighted by Crippen LogP contribution is -2.51. The van der Waals surface area contributed by atoms with Crippen LogP contribution in [0.4, 0.5) is 23.4 Å². The molecule has 11 heteroatoms. The van der Waals surface area contributed by atoms with Crippen LogP contribution in [-0.2, 0) is 27.0 Å². The van der Waals surface area contributed by atoms with Crippen molar-refractivity contribution in [3.05, 3.63) is 58.5 Å². The predicted octanol–water partition coefficient (Wildman–Crippen LogP) is 4.95. The number of amides is 2. The molecule has 0 spiro atoms. The second kappa shape index (κ2) is 12.1. The van der Waals surface area contributed by atoms with Gasteiger partial charge in [0.1, 0.15) is 6.54 Å². The van der Waals surface area contributed by atoms with Crippen LogP contribution in [0.3, 0.4) is 0 Å². The minimum absolute atomic E-state index is 0.0118. The van der Waals surface area contributed by atoms with E-state index in [1.807, 2.05) is 13.8 Å². The normalized spacial score (nSPS) is 14.4. The molecule has 3 rings (SSSR count). The maximum atomic E-state index is 14.2. The number of hydrogen-bond acceptors (Lipinski definition) is 4. The first-order valence-corrected chi connectivity index (χ1v) is 11.0. The average Bonchev–Trinajstić information content (AvgIpc) is 2.76. The van der Waals surface area contributed by atoms with E-state index >= 15 is 0 Å². The summed E-state index contributed by atoms with van der Waals surface area (Å²) in [6.45, 7) is 6.17. The van der Waals surface area contributed by atoms with Crippen molar-refractivity contribution in [3.63, 3.8) is 0 Å². The molecule has 0 bridgehead atoms. The number of halogens is 5. The van der Waals surface area contributed by atoms with Gasteiger partial charge in [0.25, 0.3) is 0 Å². The number of alkyl halides is 3. The Hall–Kier alpha value is -2.72. The van der Waals surface area contributed by atoms with E-state index in [0.29, 0.717) is 18.8 Å². The highest BCUT2D eigenvalue weighted by Gasteiger charge is 2.34. The maximum absolute atomic E-state index is 14.2. The lowest BCUT2D eigenvalue weighted by molar-refractivity contribution is -0.140. The fraction of sp³-hybridized carbons (Fsp3) is 0.435. The molecule has 1 saturated heterocycles. The summed E-state index contributed by atoms with van der Waals surface area (Å²) in [6, 6.07) is 5.13. The monoisotopic (exact) mass is 503 g/mol. The van der Waals surface area contributed by atoms with Crippen molar-refractivity contribution in [2.45, 2.75) is 39.5 Å². The Morgan fingerprint density at radius 3 is 2.35 bits per heavy atom. The first-order chi connectivity index (χ1) is 16.1. The first kappa shape index (κ1) is 27.5. The molecule has 1 aliphatic heterocycles. The van der Waals surface area contributed by atoms with Crippen LogP contribution < -0.4 is 4.90 Å². The SMILES string of the molecule is CC.CC(C1COC1)N(Cc1ccc(C(F)(F)F)cc1)C(=O)CN(C=O)c1ncc(Cl)cc1F. The van der Waals surface area contributed by atoms with Crippen LogP contribution >= 0.6 is 11.6 Å². The summed E-state index contributed by atoms with van der Waals surface area (Å²) in [5.41, 5.74) is -0.317. The zero-order chi connectivity index (χ0) is 25.5. The van der Waals surface area contributed by atoms with Gasteiger partial charge in [-0.15, -0.1) is 0 Å². The number of rotatable bonds is 8. The molecule has 0 saturated carbocycles. The lowest BCUT2D eigenvalue weighted by Gasteiger charge is -2.39. The minimum Gasteiger partial charge on any atom is -0.381 e. The van der Waals surface area contributed by atoms with Crippen molar-refractivity contribution in [2.75, 3.05) is 24.7 Å². The van der Waals surface area contributed by atoms with Crippen LogP contribution in [0.5, 0.6) is 0 Å². The van der Waals surface area contributed by atoms with Gasteiger partial charge in [0.15, 0.2) is 11.6 Å². The van der Waals surface area contributed by atoms with Crippen molar-refractivity contribution >= 4 is 29.7 Å². The average molecular weight is 504 g/mol. The van der Waals surface area contributed by atoms with E-state index in [4.69, 9.17) is 16.3 Å². The van der Waals surface area contributed by atoms with Crippen molar-refractivity contribution in [2.24, 2.45) is 5.92 Å². The Morgan fingerprint density at radius 2 is 1.88 bits per heavy atom. The molecular weight excluding hydrogens is 478 g/mol. The van der Waals surface area contributed by atoms with Crippen LogP contribution in [0.1, 0.15) is 31.9 Å². The molecule has 2 aromatic rings. The van der Waals surface area contributed by atoms with Gasteiger partial charge in [-0.25, -0.2) is 9.37 Å². The van der Waals surface area contributed by atoms with Gasteiger partial charge in [-0.2, -0.15) is 13.2 Å². The molecule has 2 heterocycles. The fourth-order valence-corrected chi connectivity index (χ4v) is 3.40. The smallest absolute Gasteiger partial charge is 0.381 e. The van der Waals surface area contributed by atoms with Gasteiger partial charge in [-0.1, -0.05) is 37.6 Å². The number of pyridine rings is 1. The Bertz CT molecular complexity index is 969. The van der Waals surface area contributed by atoms with Gasteiger partial charge in [0, 0.05) is 24.7 Å². The van der Waals surface area contributed by atoms with Crippen molar-refractivity contribution in [3.8, 4) is 0 Å². The highest BCUT2D eigenvalue weighted by molar-refractivity contribution is 6.30. The van der Waals surface area contributed by atoms with E-state index in [1.54, 1.807) is 6.92 Å². The molecule has 1 unspecified atom stereocenters. The van der Waals surface area contributed by atoms with E-state index in [2.05, 4.69) is 4.98 Å². The summed E-state index contributed by atoms with van der Waals surface area (Å²) in [5, 5.41) is 0.0333. The molecule has 2 amide bonds. The van der Waals surface area contributed by atoms with Gasteiger partial charge < -0.3 is 9.64 Å². The predicted molar refractivity (Wildman–Crippen MR) is 120 cm³/mol. The van der Waals surface area contributed by atoms with E-state index in [1.165, 1.54) is 17.0 Å². The second-order valence-electron chi connectivity index (χ2n) is 7.45. The largest absolute Gasteiger partial charge is 0.416 e. The number of carbonyl (C=O) groups is 2. The number of benzene rings is 1. The first-order valence-electron chi connectivity index (χ1n) is 10.7. The Labute approximate surface area is 200 Å². The zero-order valence-electron chi connectivity index (χ0n) is 19.0. The summed E-state index contributed by atoms with van der Waals surface area (Å²) >= 11 is 5.68. The van der Waals surface area contributed by atoms with Crippen LogP contribution in [0, 0.1) is 11.7 Å². The summed E-state index contributed by atoms with van der Waals surface area (Å²) < 4.78 is 57.9. The van der Waals surface area contributed by atoms with Gasteiger partial charge >= 0.3 is 6.18 Å². The summed E-state index contributed by atoms with van der Waals surface area (Å²) in [7, 11) is 0. The Balaban J connectivity index is 0.00000199. The summed E-state index contributed by atoms with van der Waals surface area (Å²) in [4.78, 5) is 30.7. The molecule has 1 aromatic heterocycles. The van der Waals surface area contributed by atoms with Crippen molar-refractivity contribution in [1.82, 2.24) is 9.88 Å². The van der Waals surface area contributed by atoms with Crippen LogP contribution in [0.2, 0.25) is 5.02 Å². The van der Waals surface area contributed by atoms with Crippen LogP contribution in [0.15, 0.2) is 36.5 Å². The van der Waals surface area contributed by atoms with E-state index < -0.39 is 30.0 Å². The van der Waals surface area contributed by atoms with E-state index in [0.717, 1.165) is 29.3 Å². The topological polar surface area (TPSA) is 62.7 Å². The third-order valence-corrected chi connectivity index (χ3v) is 5.49. The Morgan fingerprint density at radius 1 is 1.26 bits per heavy atom. The maximum Gasteiger partial charge on any atom is 0.416 e. The molecule has 1 aromatic carbocycles. The molecule has 0 aliphatic carbocycles. The fourth-order valence-electron chi connectivity index (χ4n) is 3.26. The molecule has 0 radical (unpaired) electrons. The third kappa shape index (κ3) is 6.89. The lowest BCUT2D eigenvalue weighted by atomic mass is 9.97. The molecule has 0 N–H and O–H groups in total. The summed E-state index contributed by atoms with van der Waals surface area (Å²) in [5.74, 6) is -1.71. The van der Waals surface area contributed by atoms with Gasteiger partial charge in [0.05, 0.1) is 23.8 Å². The van der Waals surface area contributed by atoms with Crippen LogP contribution in [-0.4, -0.2) is 48.0 Å². The molecule has 1 aliphatic rings. The third-order valence-electron chi connectivity index (χ3n) is 5.29. The molecular formula is C23H26ClF4N3O3. The van der Waals surface area contributed by atoms with Crippen molar-refractivity contribution in [1.29, 1.82) is 0 Å². The highest BCUT2D eigenvalue weighted by Crippen LogP contribution is 2.30. The number of ether oxygens (including phenoxy) is 1. The number of anilines is 1. The molecule has 34 heavy (non-hydrogen) atoms. The standard InChI is InChI=1S/C21H20ClF4N3O3.C2H6/c1-13(15-10-32-11-15)29(8-14-2-4-16(5-3-14)21(24,25)26)19(31)9-28(12-30)20-18(23)6-17(22)7-27-20;1-2/h2-7,12-13,15H,8-11H2,1H3;1-2H3. The number of hydrogen-bond donors (Lipinski definition) is 0. The number of nitrogens with zero attached hydrogens (tertiary/aromatic N) is 3. The Kier molecular flexibility index (Phi) is 9.81. The number of carbonyl (C=O) groups excluding carboxylic acids is 2. The van der Waals surface area contributed by atoms with E-state index in [9.17, 15) is 27.2 Å². The van der Waals surface area contributed by atoms with Gasteiger partial charge in [-0.3, -0.25) is 14.5 Å². The molecule has 1 atom stereocenters. The number of aromatic nitrogens is 1. The zero-order valence-corrected chi connectivity index (χ0v) is 19.7. The summed E-state index contributed by atoms with van der Waals surface area (Å²) in [6.07, 6.45) is -3.04. The minimum atomic E-state index is -4.47. The van der Waals surface area contributed by atoms with Gasteiger partial charge in [-0.05, 0) is 30.7 Å². The van der Waals surface area contributed by atoms with Crippen LogP contribution in [0.25, 0.3) is 0 Å².